The van der Waals surface area contributed by atoms with Crippen LogP contribution in [0.2, 0.25) is 0 Å². The van der Waals surface area contributed by atoms with Gasteiger partial charge in [0.25, 0.3) is 5.91 Å². The first-order valence-electron chi connectivity index (χ1n) is 10.4. The quantitative estimate of drug-likeness (QED) is 0.475. The topological polar surface area (TPSA) is 20.3 Å². The Morgan fingerprint density at radius 3 is 2.23 bits per heavy atom. The van der Waals surface area contributed by atoms with Crippen molar-refractivity contribution in [3.05, 3.63) is 100 Å². The van der Waals surface area contributed by atoms with E-state index >= 15 is 0 Å². The van der Waals surface area contributed by atoms with E-state index in [9.17, 15) is 9.18 Å². The van der Waals surface area contributed by atoms with Gasteiger partial charge in [0.2, 0.25) is 0 Å². The van der Waals surface area contributed by atoms with Crippen LogP contribution < -0.4 is 4.90 Å². The predicted octanol–water partition coefficient (Wildman–Crippen LogP) is 6.58. The summed E-state index contributed by atoms with van der Waals surface area (Å²) in [6.07, 6.45) is 0.764. The van der Waals surface area contributed by atoms with Gasteiger partial charge in [0, 0.05) is 22.2 Å². The molecular weight excluding hydrogens is 373 g/mol. The third-order valence-corrected chi connectivity index (χ3v) is 6.34. The lowest BCUT2D eigenvalue weighted by Gasteiger charge is -2.51. The van der Waals surface area contributed by atoms with Gasteiger partial charge in [-0.2, -0.15) is 0 Å². The Bertz CT molecular complexity index is 1120. The molecule has 3 aromatic carbocycles. The number of carbonyl (C=O) groups excluding carboxylic acids is 1. The summed E-state index contributed by atoms with van der Waals surface area (Å²) in [5, 5.41) is 0. The minimum absolute atomic E-state index is 0.171. The summed E-state index contributed by atoms with van der Waals surface area (Å²) < 4.78 is 13.8. The minimum atomic E-state index is -0.453. The molecule has 154 valence electrons. The van der Waals surface area contributed by atoms with Crippen LogP contribution in [0.3, 0.4) is 0 Å². The van der Waals surface area contributed by atoms with Crippen molar-refractivity contribution in [3.8, 4) is 0 Å². The van der Waals surface area contributed by atoms with E-state index in [1.165, 1.54) is 23.3 Å². The molecule has 3 aromatic rings. The summed E-state index contributed by atoms with van der Waals surface area (Å²) in [6, 6.07) is 20.9. The number of rotatable bonds is 2. The third kappa shape index (κ3) is 3.32. The van der Waals surface area contributed by atoms with Gasteiger partial charge in [0.1, 0.15) is 5.82 Å². The van der Waals surface area contributed by atoms with E-state index in [4.69, 9.17) is 0 Å². The van der Waals surface area contributed by atoms with Crippen molar-refractivity contribution >= 4 is 11.6 Å². The van der Waals surface area contributed by atoms with Crippen LogP contribution in [0.1, 0.15) is 59.8 Å². The SMILES string of the molecule is Cc1ccc(C2(C)CC(C)(C)N(C(=O)c3cccc(F)c3)c3ccc(C)cc32)cc1. The molecule has 3 heteroatoms. The number of hydrogen-bond acceptors (Lipinski definition) is 1. The Morgan fingerprint density at radius 1 is 0.900 bits per heavy atom. The standard InChI is InChI=1S/C27H28FNO/c1-18-9-12-21(13-10-18)27(5)17-26(3,4)29(24-14-11-19(2)15-23(24)27)25(30)20-7-6-8-22(28)16-20/h6-16H,17H2,1-5H3. The highest BCUT2D eigenvalue weighted by molar-refractivity contribution is 6.08. The second kappa shape index (κ2) is 7.09. The lowest BCUT2D eigenvalue weighted by molar-refractivity contribution is 0.0948. The number of amides is 1. The van der Waals surface area contributed by atoms with Crippen molar-refractivity contribution in [2.45, 2.75) is 52.0 Å². The van der Waals surface area contributed by atoms with Gasteiger partial charge in [-0.3, -0.25) is 4.79 Å². The summed E-state index contributed by atoms with van der Waals surface area (Å²) in [7, 11) is 0. The third-order valence-electron chi connectivity index (χ3n) is 6.34. The fraction of sp³-hybridized carbons (Fsp3) is 0.296. The van der Waals surface area contributed by atoms with E-state index in [0.717, 1.165) is 23.2 Å². The Kier molecular flexibility index (Phi) is 4.80. The maximum absolute atomic E-state index is 13.8. The molecule has 0 spiro atoms. The number of anilines is 1. The molecule has 1 atom stereocenters. The first-order chi connectivity index (χ1) is 14.1. The molecule has 0 N–H and O–H groups in total. The lowest BCUT2D eigenvalue weighted by atomic mass is 9.65. The summed E-state index contributed by atoms with van der Waals surface area (Å²) in [5.41, 5.74) is 5.33. The molecular formula is C27H28FNO. The number of aryl methyl sites for hydroxylation is 2. The number of halogens is 1. The number of benzene rings is 3. The molecule has 0 saturated heterocycles. The summed E-state index contributed by atoms with van der Waals surface area (Å²) >= 11 is 0. The summed E-state index contributed by atoms with van der Waals surface area (Å²) in [6.45, 7) is 10.6. The number of nitrogens with zero attached hydrogens (tertiary/aromatic N) is 1. The molecule has 1 heterocycles. The minimum Gasteiger partial charge on any atom is -0.302 e. The van der Waals surface area contributed by atoms with Crippen molar-refractivity contribution in [1.82, 2.24) is 0 Å². The number of fused-ring (bicyclic) bond motifs is 1. The van der Waals surface area contributed by atoms with Crippen molar-refractivity contribution < 1.29 is 9.18 Å². The number of hydrogen-bond donors (Lipinski definition) is 0. The normalized spacial score (nSPS) is 20.0. The Morgan fingerprint density at radius 2 is 1.57 bits per heavy atom. The molecule has 0 bridgehead atoms. The highest BCUT2D eigenvalue weighted by Gasteiger charge is 2.47. The van der Waals surface area contributed by atoms with Crippen LogP contribution >= 0.6 is 0 Å². The molecule has 0 aromatic heterocycles. The van der Waals surface area contributed by atoms with Gasteiger partial charge in [0.05, 0.1) is 0 Å². The van der Waals surface area contributed by atoms with E-state index in [0.29, 0.717) is 5.56 Å². The van der Waals surface area contributed by atoms with Crippen molar-refractivity contribution in [3.63, 3.8) is 0 Å². The highest BCUT2D eigenvalue weighted by Crippen LogP contribution is 2.51. The second-order valence-electron chi connectivity index (χ2n) is 9.36. The van der Waals surface area contributed by atoms with Crippen molar-refractivity contribution in [2.75, 3.05) is 4.90 Å². The van der Waals surface area contributed by atoms with Crippen LogP contribution in [-0.4, -0.2) is 11.4 Å². The maximum atomic E-state index is 13.8. The van der Waals surface area contributed by atoms with Gasteiger partial charge >= 0.3 is 0 Å². The summed E-state index contributed by atoms with van der Waals surface area (Å²) in [5.74, 6) is -0.570. The van der Waals surface area contributed by atoms with Gasteiger partial charge in [-0.15, -0.1) is 0 Å². The molecule has 4 rings (SSSR count). The fourth-order valence-electron chi connectivity index (χ4n) is 4.97. The molecule has 1 aliphatic heterocycles. The first kappa shape index (κ1) is 20.3. The van der Waals surface area contributed by atoms with Crippen LogP contribution in [0.5, 0.6) is 0 Å². The van der Waals surface area contributed by atoms with Crippen molar-refractivity contribution in [2.24, 2.45) is 0 Å². The van der Waals surface area contributed by atoms with Crippen LogP contribution in [0.15, 0.2) is 66.7 Å². The Hall–Kier alpha value is -2.94. The van der Waals surface area contributed by atoms with E-state index in [-0.39, 0.29) is 11.3 Å². The molecule has 30 heavy (non-hydrogen) atoms. The zero-order valence-corrected chi connectivity index (χ0v) is 18.3. The van der Waals surface area contributed by atoms with Gasteiger partial charge < -0.3 is 4.90 Å². The molecule has 0 saturated carbocycles. The summed E-state index contributed by atoms with van der Waals surface area (Å²) in [4.78, 5) is 15.4. The van der Waals surface area contributed by atoms with E-state index in [2.05, 4.69) is 65.0 Å². The van der Waals surface area contributed by atoms with E-state index in [1.54, 1.807) is 12.1 Å². The van der Waals surface area contributed by atoms with Crippen molar-refractivity contribution in [1.29, 1.82) is 0 Å². The van der Waals surface area contributed by atoms with Gasteiger partial charge in [-0.25, -0.2) is 4.39 Å². The maximum Gasteiger partial charge on any atom is 0.258 e. The lowest BCUT2D eigenvalue weighted by Crippen LogP contribution is -2.56. The molecule has 0 aliphatic carbocycles. The van der Waals surface area contributed by atoms with Gasteiger partial charge in [-0.1, -0.05) is 60.5 Å². The van der Waals surface area contributed by atoms with E-state index in [1.807, 2.05) is 17.0 Å². The Balaban J connectivity index is 1.92. The molecule has 1 amide bonds. The second-order valence-corrected chi connectivity index (χ2v) is 9.36. The van der Waals surface area contributed by atoms with Gasteiger partial charge in [0.15, 0.2) is 0 Å². The van der Waals surface area contributed by atoms with Crippen LogP contribution in [0.4, 0.5) is 10.1 Å². The number of carbonyl (C=O) groups is 1. The zero-order valence-electron chi connectivity index (χ0n) is 18.3. The molecule has 1 unspecified atom stereocenters. The highest BCUT2D eigenvalue weighted by atomic mass is 19.1. The van der Waals surface area contributed by atoms with E-state index < -0.39 is 11.4 Å². The van der Waals surface area contributed by atoms with Crippen LogP contribution in [0, 0.1) is 19.7 Å². The molecule has 0 fully saturated rings. The average molecular weight is 402 g/mol. The largest absolute Gasteiger partial charge is 0.302 e. The predicted molar refractivity (Wildman–Crippen MR) is 121 cm³/mol. The zero-order chi connectivity index (χ0) is 21.7. The average Bonchev–Trinajstić information content (AvgIpc) is 2.68. The molecule has 2 nitrogen and oxygen atoms in total. The van der Waals surface area contributed by atoms with Crippen LogP contribution in [0.25, 0.3) is 0 Å². The first-order valence-corrected chi connectivity index (χ1v) is 10.4. The molecule has 0 radical (unpaired) electrons. The smallest absolute Gasteiger partial charge is 0.258 e. The Labute approximate surface area is 178 Å². The molecule has 1 aliphatic rings. The fourth-order valence-corrected chi connectivity index (χ4v) is 4.97. The van der Waals surface area contributed by atoms with Crippen LogP contribution in [-0.2, 0) is 5.41 Å². The van der Waals surface area contributed by atoms with Gasteiger partial charge in [-0.05, 0) is 69.5 Å². The monoisotopic (exact) mass is 401 g/mol.